The molecule has 1 aromatic heterocycles. The van der Waals surface area contributed by atoms with Gasteiger partial charge in [0, 0.05) is 11.0 Å². The minimum Gasteiger partial charge on any atom is -0.299 e. The lowest BCUT2D eigenvalue weighted by Crippen LogP contribution is -2.25. The number of nitrogens with zero attached hydrogens (tertiary/aromatic N) is 4. The average molecular weight is 420 g/mol. The van der Waals surface area contributed by atoms with E-state index in [1.54, 1.807) is 4.68 Å². The smallest absolute Gasteiger partial charge is 0.178 e. The lowest BCUT2D eigenvalue weighted by atomic mass is 10.1. The fourth-order valence-corrected chi connectivity index (χ4v) is 3.22. The van der Waals surface area contributed by atoms with E-state index in [0.717, 1.165) is 21.5 Å². The van der Waals surface area contributed by atoms with Crippen molar-refractivity contribution in [2.75, 3.05) is 0 Å². The molecule has 3 aromatic carbocycles. The molecular weight excluding hydrogens is 402 g/mol. The average Bonchev–Trinajstić information content (AvgIpc) is 3.20. The van der Waals surface area contributed by atoms with Gasteiger partial charge in [0.1, 0.15) is 0 Å². The Balaban J connectivity index is 1.69. The number of tetrazole rings is 1. The predicted molar refractivity (Wildman–Crippen MR) is 108 cm³/mol. The van der Waals surface area contributed by atoms with Crippen molar-refractivity contribution in [1.82, 2.24) is 25.5 Å². The lowest BCUT2D eigenvalue weighted by Gasteiger charge is -2.19. The molecule has 1 N–H and O–H groups in total. The number of aromatic nitrogens is 4. The first kappa shape index (κ1) is 17.6. The Labute approximate surface area is 166 Å². The van der Waals surface area contributed by atoms with Crippen molar-refractivity contribution in [3.05, 3.63) is 106 Å². The molecule has 0 aliphatic heterocycles. The summed E-state index contributed by atoms with van der Waals surface area (Å²) < 4.78 is 2.80. The van der Waals surface area contributed by atoms with Crippen molar-refractivity contribution in [3.63, 3.8) is 0 Å². The Bertz CT molecular complexity index is 984. The van der Waals surface area contributed by atoms with Crippen molar-refractivity contribution >= 4 is 15.9 Å². The molecule has 0 amide bonds. The molecule has 0 fully saturated rings. The summed E-state index contributed by atoms with van der Waals surface area (Å²) in [6, 6.07) is 28.4. The Morgan fingerprint density at radius 3 is 2.22 bits per heavy atom. The van der Waals surface area contributed by atoms with Crippen molar-refractivity contribution in [3.8, 4) is 5.69 Å². The summed E-state index contributed by atoms with van der Waals surface area (Å²) in [6.07, 6.45) is 0. The third-order valence-corrected chi connectivity index (χ3v) is 4.84. The molecule has 134 valence electrons. The van der Waals surface area contributed by atoms with Crippen molar-refractivity contribution in [2.45, 2.75) is 12.6 Å². The zero-order valence-electron chi connectivity index (χ0n) is 14.5. The van der Waals surface area contributed by atoms with Gasteiger partial charge in [-0.15, -0.1) is 5.10 Å². The molecule has 0 saturated carbocycles. The highest BCUT2D eigenvalue weighted by Crippen LogP contribution is 2.23. The van der Waals surface area contributed by atoms with Crippen LogP contribution in [-0.4, -0.2) is 20.2 Å². The van der Waals surface area contributed by atoms with Gasteiger partial charge in [-0.3, -0.25) is 5.32 Å². The van der Waals surface area contributed by atoms with Gasteiger partial charge in [-0.25, -0.2) is 0 Å². The highest BCUT2D eigenvalue weighted by atomic mass is 79.9. The maximum Gasteiger partial charge on any atom is 0.178 e. The van der Waals surface area contributed by atoms with Crippen LogP contribution in [0.2, 0.25) is 0 Å². The minimum absolute atomic E-state index is 0.134. The van der Waals surface area contributed by atoms with Crippen molar-refractivity contribution in [1.29, 1.82) is 0 Å². The largest absolute Gasteiger partial charge is 0.299 e. The zero-order valence-corrected chi connectivity index (χ0v) is 16.1. The second-order valence-corrected chi connectivity index (χ2v) is 7.05. The number of rotatable bonds is 6. The maximum absolute atomic E-state index is 4.33. The van der Waals surface area contributed by atoms with E-state index in [1.165, 1.54) is 5.56 Å². The van der Waals surface area contributed by atoms with E-state index >= 15 is 0 Å². The van der Waals surface area contributed by atoms with E-state index in [2.05, 4.69) is 61.0 Å². The van der Waals surface area contributed by atoms with Gasteiger partial charge in [0.2, 0.25) is 0 Å². The van der Waals surface area contributed by atoms with Gasteiger partial charge < -0.3 is 0 Å². The number of hydrogen-bond acceptors (Lipinski definition) is 4. The van der Waals surface area contributed by atoms with Crippen LogP contribution in [0.1, 0.15) is 23.0 Å². The van der Waals surface area contributed by atoms with Crippen LogP contribution >= 0.6 is 15.9 Å². The molecule has 1 heterocycles. The van der Waals surface area contributed by atoms with Gasteiger partial charge in [0.15, 0.2) is 5.82 Å². The van der Waals surface area contributed by atoms with Crippen LogP contribution in [0, 0.1) is 0 Å². The standard InChI is InChI=1S/C21H18BrN5/c22-18-11-13-19(14-12-18)27-21(24-25-26-27)20(17-9-5-2-6-10-17)23-15-16-7-3-1-4-8-16/h1-14,20,23H,15H2/t20-/m1/s1. The molecular formula is C21H18BrN5. The highest BCUT2D eigenvalue weighted by molar-refractivity contribution is 9.10. The molecule has 0 unspecified atom stereocenters. The van der Waals surface area contributed by atoms with Gasteiger partial charge >= 0.3 is 0 Å². The first-order valence-corrected chi connectivity index (χ1v) is 9.47. The van der Waals surface area contributed by atoms with Gasteiger partial charge in [0.05, 0.1) is 11.7 Å². The van der Waals surface area contributed by atoms with E-state index in [4.69, 9.17) is 0 Å². The van der Waals surface area contributed by atoms with Crippen LogP contribution in [0.4, 0.5) is 0 Å². The molecule has 5 nitrogen and oxygen atoms in total. The second kappa shape index (κ2) is 8.24. The normalized spacial score (nSPS) is 12.0. The number of halogens is 1. The fraction of sp³-hybridized carbons (Fsp3) is 0.0952. The zero-order chi connectivity index (χ0) is 18.5. The summed E-state index contributed by atoms with van der Waals surface area (Å²) in [7, 11) is 0. The Kier molecular flexibility index (Phi) is 5.37. The Morgan fingerprint density at radius 2 is 1.52 bits per heavy atom. The van der Waals surface area contributed by atoms with Crippen LogP contribution in [0.5, 0.6) is 0 Å². The summed E-state index contributed by atoms with van der Waals surface area (Å²) in [5.74, 6) is 0.749. The molecule has 0 radical (unpaired) electrons. The van der Waals surface area contributed by atoms with Gasteiger partial charge in [-0.2, -0.15) is 4.68 Å². The van der Waals surface area contributed by atoms with E-state index in [-0.39, 0.29) is 6.04 Å². The van der Waals surface area contributed by atoms with Crippen LogP contribution in [-0.2, 0) is 6.54 Å². The summed E-state index contributed by atoms with van der Waals surface area (Å²) in [5.41, 5.74) is 3.24. The van der Waals surface area contributed by atoms with Crippen LogP contribution in [0.3, 0.4) is 0 Å². The molecule has 0 spiro atoms. The lowest BCUT2D eigenvalue weighted by molar-refractivity contribution is 0.560. The van der Waals surface area contributed by atoms with Crippen LogP contribution < -0.4 is 5.32 Å². The monoisotopic (exact) mass is 419 g/mol. The molecule has 4 rings (SSSR count). The van der Waals surface area contributed by atoms with Gasteiger partial charge in [-0.05, 0) is 45.8 Å². The molecule has 0 aliphatic carbocycles. The predicted octanol–water partition coefficient (Wildman–Crippen LogP) is 4.30. The SMILES string of the molecule is Brc1ccc(-n2nnnc2[C@H](NCc2ccccc2)c2ccccc2)cc1. The summed E-state index contributed by atoms with van der Waals surface area (Å²) in [5, 5.41) is 16.1. The fourth-order valence-electron chi connectivity index (χ4n) is 2.96. The van der Waals surface area contributed by atoms with Crippen LogP contribution in [0.25, 0.3) is 5.69 Å². The minimum atomic E-state index is -0.134. The molecule has 0 bridgehead atoms. The highest BCUT2D eigenvalue weighted by Gasteiger charge is 2.21. The third-order valence-electron chi connectivity index (χ3n) is 4.31. The molecule has 27 heavy (non-hydrogen) atoms. The second-order valence-electron chi connectivity index (χ2n) is 6.14. The molecule has 0 saturated heterocycles. The summed E-state index contributed by atoms with van der Waals surface area (Å²) in [6.45, 7) is 0.716. The van der Waals surface area contributed by atoms with Crippen LogP contribution in [0.15, 0.2) is 89.4 Å². The Morgan fingerprint density at radius 1 is 0.852 bits per heavy atom. The first-order chi connectivity index (χ1) is 13.3. The van der Waals surface area contributed by atoms with E-state index in [1.807, 2.05) is 60.7 Å². The van der Waals surface area contributed by atoms with Crippen molar-refractivity contribution < 1.29 is 0 Å². The van der Waals surface area contributed by atoms with E-state index in [9.17, 15) is 0 Å². The first-order valence-electron chi connectivity index (χ1n) is 8.68. The topological polar surface area (TPSA) is 55.6 Å². The van der Waals surface area contributed by atoms with E-state index < -0.39 is 0 Å². The summed E-state index contributed by atoms with van der Waals surface area (Å²) in [4.78, 5) is 0. The Hall–Kier alpha value is -2.83. The van der Waals surface area contributed by atoms with Gasteiger partial charge in [0.25, 0.3) is 0 Å². The molecule has 0 aliphatic rings. The number of nitrogens with one attached hydrogen (secondary N) is 1. The maximum atomic E-state index is 4.33. The van der Waals surface area contributed by atoms with Gasteiger partial charge in [-0.1, -0.05) is 76.6 Å². The molecule has 1 atom stereocenters. The van der Waals surface area contributed by atoms with E-state index in [0.29, 0.717) is 6.54 Å². The van der Waals surface area contributed by atoms with Crippen molar-refractivity contribution in [2.24, 2.45) is 0 Å². The quantitative estimate of drug-likeness (QED) is 0.505. The third kappa shape index (κ3) is 4.13. The molecule has 4 aromatic rings. The number of hydrogen-bond donors (Lipinski definition) is 1. The molecule has 6 heteroatoms. The summed E-state index contributed by atoms with van der Waals surface area (Å²) >= 11 is 3.47. The number of benzene rings is 3.